The average Bonchev–Trinajstić information content (AvgIpc) is 3.35. The van der Waals surface area contributed by atoms with Crippen LogP contribution in [-0.2, 0) is 21.9 Å². The summed E-state index contributed by atoms with van der Waals surface area (Å²) in [5, 5.41) is 5.80. The Labute approximate surface area is 181 Å². The first kappa shape index (κ1) is 23.4. The first-order valence-electron chi connectivity index (χ1n) is 8.88. The fourth-order valence-corrected chi connectivity index (χ4v) is 3.15. The van der Waals surface area contributed by atoms with E-state index in [-0.39, 0.29) is 16.6 Å². The van der Waals surface area contributed by atoms with Crippen LogP contribution in [-0.4, -0.2) is 31.8 Å². The monoisotopic (exact) mass is 476 g/mol. The second-order valence-electron chi connectivity index (χ2n) is 6.68. The molecule has 3 rings (SSSR count). The van der Waals surface area contributed by atoms with E-state index in [0.29, 0.717) is 12.1 Å². The molecule has 0 aliphatic heterocycles. The zero-order valence-corrected chi connectivity index (χ0v) is 17.2. The van der Waals surface area contributed by atoms with Gasteiger partial charge in [-0.25, -0.2) is 19.4 Å². The van der Waals surface area contributed by atoms with Crippen LogP contribution in [0.25, 0.3) is 23.2 Å². The van der Waals surface area contributed by atoms with Crippen LogP contribution < -0.4 is 0 Å². The molecule has 6 nitrogen and oxygen atoms in total. The summed E-state index contributed by atoms with van der Waals surface area (Å²) in [5.74, 6) is -1.13. The lowest BCUT2D eigenvalue weighted by molar-refractivity contribution is -0.143. The summed E-state index contributed by atoms with van der Waals surface area (Å²) in [7, 11) is 0. The van der Waals surface area contributed by atoms with E-state index in [1.807, 2.05) is 0 Å². The van der Waals surface area contributed by atoms with Gasteiger partial charge in [-0.2, -0.15) is 26.3 Å². The largest absolute Gasteiger partial charge is 0.459 e. The molecule has 0 amide bonds. The molecule has 170 valence electrons. The van der Waals surface area contributed by atoms with Gasteiger partial charge in [0.2, 0.25) is 0 Å². The van der Waals surface area contributed by atoms with Crippen molar-refractivity contribution in [2.75, 3.05) is 0 Å². The third kappa shape index (κ3) is 5.52. The maximum Gasteiger partial charge on any atom is 0.416 e. The number of rotatable bonds is 5. The first-order chi connectivity index (χ1) is 14.8. The highest BCUT2D eigenvalue weighted by Crippen LogP contribution is 2.38. The topological polar surface area (TPSA) is 69.9 Å². The second-order valence-corrected chi connectivity index (χ2v) is 7.57. The normalized spacial score (nSPS) is 13.0. The molecule has 0 fully saturated rings. The lowest BCUT2D eigenvalue weighted by Gasteiger charge is -2.13. The third-order valence-corrected chi connectivity index (χ3v) is 4.65. The predicted octanol–water partition coefficient (Wildman–Crippen LogP) is 5.39. The number of esters is 1. The molecule has 0 saturated carbocycles. The molecule has 3 aromatic rings. The average molecular weight is 476 g/mol. The van der Waals surface area contributed by atoms with E-state index in [0.717, 1.165) is 22.3 Å². The molecule has 0 aliphatic rings. The predicted molar refractivity (Wildman–Crippen MR) is 103 cm³/mol. The lowest BCUT2D eigenvalue weighted by atomic mass is 10.0. The van der Waals surface area contributed by atoms with Gasteiger partial charge in [0.1, 0.15) is 16.9 Å². The zero-order chi connectivity index (χ0) is 23.7. The van der Waals surface area contributed by atoms with Crippen LogP contribution in [0.1, 0.15) is 30.0 Å². The van der Waals surface area contributed by atoms with E-state index in [9.17, 15) is 31.1 Å². The molecule has 0 bridgehead atoms. The molecule has 1 aromatic carbocycles. The number of hydrogen-bond acceptors (Lipinski definition) is 6. The molecule has 32 heavy (non-hydrogen) atoms. The molecule has 2 heterocycles. The lowest BCUT2D eigenvalue weighted by Crippen LogP contribution is -2.13. The Morgan fingerprint density at radius 3 is 2.19 bits per heavy atom. The van der Waals surface area contributed by atoms with Gasteiger partial charge >= 0.3 is 18.3 Å². The summed E-state index contributed by atoms with van der Waals surface area (Å²) in [4.78, 5) is 20.2. The van der Waals surface area contributed by atoms with Crippen molar-refractivity contribution in [3.8, 4) is 11.4 Å². The Morgan fingerprint density at radius 2 is 1.69 bits per heavy atom. The minimum atomic E-state index is -5.00. The van der Waals surface area contributed by atoms with E-state index in [2.05, 4.69) is 15.1 Å². The molecular weight excluding hydrogens is 462 g/mol. The van der Waals surface area contributed by atoms with Crippen molar-refractivity contribution in [3.63, 3.8) is 0 Å². The summed E-state index contributed by atoms with van der Waals surface area (Å²) in [6, 6.07) is 1.06. The van der Waals surface area contributed by atoms with Crippen molar-refractivity contribution in [2.24, 2.45) is 0 Å². The standard InChI is InChI=1S/C19H14F6N4O2S/c1-10(2)31-17(30)14(16-26-3-4-32-16)8-29-9-27-15(28-29)11-5-12(18(20,21)22)7-13(6-11)19(23,24)25/h3-10H,1-2H3. The van der Waals surface area contributed by atoms with Crippen LogP contribution in [0, 0.1) is 0 Å². The van der Waals surface area contributed by atoms with Crippen molar-refractivity contribution in [1.82, 2.24) is 19.7 Å². The molecule has 0 radical (unpaired) electrons. The maximum atomic E-state index is 13.1. The van der Waals surface area contributed by atoms with Crippen molar-refractivity contribution >= 4 is 29.1 Å². The Hall–Kier alpha value is -3.22. The molecule has 0 spiro atoms. The smallest absolute Gasteiger partial charge is 0.416 e. The van der Waals surface area contributed by atoms with Gasteiger partial charge in [-0.05, 0) is 32.0 Å². The highest BCUT2D eigenvalue weighted by molar-refractivity contribution is 7.11. The summed E-state index contributed by atoms with van der Waals surface area (Å²) >= 11 is 1.13. The zero-order valence-electron chi connectivity index (χ0n) is 16.4. The fraction of sp³-hybridized carbons (Fsp3) is 0.263. The number of ether oxygens (including phenoxy) is 1. The number of carbonyl (C=O) groups is 1. The SMILES string of the molecule is CC(C)OC(=O)C(=Cn1cnc(-c2cc(C(F)(F)F)cc(C(F)(F)F)c2)n1)c1nccs1. The minimum absolute atomic E-state index is 0.00910. The van der Waals surface area contributed by atoms with Gasteiger partial charge in [-0.3, -0.25) is 0 Å². The number of hydrogen-bond donors (Lipinski definition) is 0. The molecule has 2 aromatic heterocycles. The Kier molecular flexibility index (Phi) is 6.39. The van der Waals surface area contributed by atoms with E-state index < -0.39 is 46.9 Å². The maximum absolute atomic E-state index is 13.1. The number of alkyl halides is 6. The summed E-state index contributed by atoms with van der Waals surface area (Å²) in [6.45, 7) is 3.27. The van der Waals surface area contributed by atoms with Crippen LogP contribution in [0.4, 0.5) is 26.3 Å². The molecule has 0 unspecified atom stereocenters. The molecule has 0 N–H and O–H groups in total. The summed E-state index contributed by atoms with van der Waals surface area (Å²) in [6.07, 6.45) is -6.78. The number of aromatic nitrogens is 4. The summed E-state index contributed by atoms with van der Waals surface area (Å²) in [5.41, 5.74) is -3.47. The van der Waals surface area contributed by atoms with Crippen molar-refractivity contribution < 1.29 is 35.9 Å². The highest BCUT2D eigenvalue weighted by atomic mass is 32.1. The third-order valence-electron chi connectivity index (χ3n) is 3.84. The highest BCUT2D eigenvalue weighted by Gasteiger charge is 2.37. The van der Waals surface area contributed by atoms with Gasteiger partial charge in [0.25, 0.3) is 0 Å². The van der Waals surface area contributed by atoms with Gasteiger partial charge in [-0.1, -0.05) is 0 Å². The first-order valence-corrected chi connectivity index (χ1v) is 9.76. The van der Waals surface area contributed by atoms with Gasteiger partial charge in [0.15, 0.2) is 5.82 Å². The van der Waals surface area contributed by atoms with Gasteiger partial charge in [-0.15, -0.1) is 16.4 Å². The molecule has 13 heteroatoms. The van der Waals surface area contributed by atoms with Gasteiger partial charge in [0, 0.05) is 23.3 Å². The second kappa shape index (κ2) is 8.73. The quantitative estimate of drug-likeness (QED) is 0.281. The number of carbonyl (C=O) groups excluding carboxylic acids is 1. The van der Waals surface area contributed by atoms with Gasteiger partial charge < -0.3 is 4.74 Å². The minimum Gasteiger partial charge on any atom is -0.459 e. The van der Waals surface area contributed by atoms with Crippen LogP contribution >= 0.6 is 11.3 Å². The fourth-order valence-electron chi connectivity index (χ4n) is 2.51. The van der Waals surface area contributed by atoms with Gasteiger partial charge in [0.05, 0.1) is 17.2 Å². The number of thiazole rings is 1. The Morgan fingerprint density at radius 1 is 1.06 bits per heavy atom. The van der Waals surface area contributed by atoms with E-state index in [1.54, 1.807) is 19.2 Å². The van der Waals surface area contributed by atoms with Crippen LogP contribution in [0.3, 0.4) is 0 Å². The van der Waals surface area contributed by atoms with Crippen LogP contribution in [0.15, 0.2) is 36.1 Å². The van der Waals surface area contributed by atoms with Crippen LogP contribution in [0.5, 0.6) is 0 Å². The molecule has 0 aliphatic carbocycles. The Bertz CT molecular complexity index is 1100. The molecule has 0 saturated heterocycles. The van der Waals surface area contributed by atoms with Crippen molar-refractivity contribution in [3.05, 3.63) is 52.2 Å². The van der Waals surface area contributed by atoms with Crippen molar-refractivity contribution in [1.29, 1.82) is 0 Å². The van der Waals surface area contributed by atoms with Crippen molar-refractivity contribution in [2.45, 2.75) is 32.3 Å². The van der Waals surface area contributed by atoms with E-state index >= 15 is 0 Å². The van der Waals surface area contributed by atoms with Crippen LogP contribution in [0.2, 0.25) is 0 Å². The van der Waals surface area contributed by atoms with E-state index in [1.165, 1.54) is 12.4 Å². The Balaban J connectivity index is 2.05. The summed E-state index contributed by atoms with van der Waals surface area (Å²) < 4.78 is 84.7. The van der Waals surface area contributed by atoms with E-state index in [4.69, 9.17) is 4.74 Å². The number of benzene rings is 1. The molecular formula is C19H14F6N4O2S. The number of nitrogens with zero attached hydrogens (tertiary/aromatic N) is 4. The number of halogens is 6. The molecule has 0 atom stereocenters.